The zero-order valence-electron chi connectivity index (χ0n) is 12.8. The number of benzene rings is 2. The maximum atomic E-state index is 13.6. The van der Waals surface area contributed by atoms with Gasteiger partial charge >= 0.3 is 6.61 Å². The third-order valence-corrected chi connectivity index (χ3v) is 4.55. The van der Waals surface area contributed by atoms with Crippen molar-refractivity contribution < 1.29 is 35.5 Å². The van der Waals surface area contributed by atoms with Crippen LogP contribution in [-0.4, -0.2) is 22.1 Å². The third-order valence-electron chi connectivity index (χ3n) is 3.10. The number of sulfonamides is 1. The van der Waals surface area contributed by atoms with Crippen molar-refractivity contribution >= 4 is 10.0 Å². The van der Waals surface area contributed by atoms with Crippen LogP contribution in [0, 0.1) is 11.6 Å². The van der Waals surface area contributed by atoms with E-state index in [1.165, 1.54) is 19.2 Å². The quantitative estimate of drug-likeness (QED) is 0.751. The van der Waals surface area contributed by atoms with Crippen molar-refractivity contribution in [2.45, 2.75) is 18.1 Å². The molecule has 0 amide bonds. The van der Waals surface area contributed by atoms with E-state index in [9.17, 15) is 26.0 Å². The van der Waals surface area contributed by atoms with E-state index in [2.05, 4.69) is 4.74 Å². The van der Waals surface area contributed by atoms with Gasteiger partial charge in [0.15, 0.2) is 16.4 Å². The second kappa shape index (κ2) is 7.70. The lowest BCUT2D eigenvalue weighted by molar-refractivity contribution is -0.0512. The SMILES string of the molecule is COc1cc(CNS(=O)(=O)c2c(F)cccc2F)ccc1OC(F)F. The topological polar surface area (TPSA) is 64.6 Å². The molecule has 0 aliphatic carbocycles. The molecule has 0 heterocycles. The molecule has 0 atom stereocenters. The predicted octanol–water partition coefficient (Wildman–Crippen LogP) is 3.05. The molecule has 5 nitrogen and oxygen atoms in total. The molecule has 0 bridgehead atoms. The van der Waals surface area contributed by atoms with Gasteiger partial charge in [0, 0.05) is 6.54 Å². The van der Waals surface area contributed by atoms with E-state index in [0.29, 0.717) is 5.56 Å². The molecule has 2 rings (SSSR count). The lowest BCUT2D eigenvalue weighted by atomic mass is 10.2. The van der Waals surface area contributed by atoms with Crippen LogP contribution in [0.3, 0.4) is 0 Å². The fraction of sp³-hybridized carbons (Fsp3) is 0.200. The molecule has 0 aliphatic rings. The number of ether oxygens (including phenoxy) is 2. The molecule has 1 N–H and O–H groups in total. The van der Waals surface area contributed by atoms with E-state index < -0.39 is 33.2 Å². The monoisotopic (exact) mass is 379 g/mol. The van der Waals surface area contributed by atoms with Crippen molar-refractivity contribution in [1.29, 1.82) is 0 Å². The van der Waals surface area contributed by atoms with Crippen molar-refractivity contribution in [2.24, 2.45) is 0 Å². The van der Waals surface area contributed by atoms with E-state index in [1.54, 1.807) is 0 Å². The van der Waals surface area contributed by atoms with Gasteiger partial charge in [0.1, 0.15) is 11.6 Å². The average molecular weight is 379 g/mol. The summed E-state index contributed by atoms with van der Waals surface area (Å²) < 4.78 is 87.0. The molecule has 10 heteroatoms. The minimum atomic E-state index is -4.46. The number of nitrogens with one attached hydrogen (secondary N) is 1. The number of rotatable bonds is 7. The standard InChI is InChI=1S/C15H13F4NO4S/c1-23-13-7-9(5-6-12(13)24-15(18)19)8-20-25(21,22)14-10(16)3-2-4-11(14)17/h2-7,15,20H,8H2,1H3. The predicted molar refractivity (Wildman–Crippen MR) is 80.0 cm³/mol. The number of hydrogen-bond donors (Lipinski definition) is 1. The molecule has 0 saturated carbocycles. The first kappa shape index (κ1) is 19.0. The molecule has 136 valence electrons. The fourth-order valence-corrected chi connectivity index (χ4v) is 3.16. The van der Waals surface area contributed by atoms with Crippen LogP contribution in [0.25, 0.3) is 0 Å². The number of halogens is 4. The molecule has 25 heavy (non-hydrogen) atoms. The summed E-state index contributed by atoms with van der Waals surface area (Å²) in [6.07, 6.45) is 0. The highest BCUT2D eigenvalue weighted by Gasteiger charge is 2.23. The molecule has 0 aliphatic heterocycles. The first-order valence-corrected chi connectivity index (χ1v) is 8.28. The van der Waals surface area contributed by atoms with Crippen LogP contribution in [0.2, 0.25) is 0 Å². The highest BCUT2D eigenvalue weighted by atomic mass is 32.2. The summed E-state index contributed by atoms with van der Waals surface area (Å²) in [6.45, 7) is -3.40. The lowest BCUT2D eigenvalue weighted by Crippen LogP contribution is -2.25. The second-order valence-electron chi connectivity index (χ2n) is 4.74. The van der Waals surface area contributed by atoms with Crippen LogP contribution < -0.4 is 14.2 Å². The highest BCUT2D eigenvalue weighted by molar-refractivity contribution is 7.89. The van der Waals surface area contributed by atoms with Crippen molar-refractivity contribution in [3.8, 4) is 11.5 Å². The normalized spacial score (nSPS) is 11.6. The molecule has 2 aromatic rings. The van der Waals surface area contributed by atoms with Crippen molar-refractivity contribution in [3.05, 3.63) is 53.6 Å². The number of hydrogen-bond acceptors (Lipinski definition) is 4. The summed E-state index contributed by atoms with van der Waals surface area (Å²) in [6, 6.07) is 6.40. The maximum absolute atomic E-state index is 13.6. The molecule has 0 spiro atoms. The summed E-state index contributed by atoms with van der Waals surface area (Å²) in [4.78, 5) is -1.10. The minimum Gasteiger partial charge on any atom is -0.493 e. The molecule has 2 aromatic carbocycles. The Labute approximate surface area is 141 Å². The van der Waals surface area contributed by atoms with Crippen LogP contribution in [0.15, 0.2) is 41.3 Å². The van der Waals surface area contributed by atoms with Gasteiger partial charge in [-0.2, -0.15) is 8.78 Å². The Kier molecular flexibility index (Phi) is 5.85. The molecular formula is C15H13F4NO4S. The summed E-state index contributed by atoms with van der Waals surface area (Å²) in [5, 5.41) is 0. The fourth-order valence-electron chi connectivity index (χ4n) is 2.01. The summed E-state index contributed by atoms with van der Waals surface area (Å²) in [7, 11) is -3.24. The van der Waals surface area contributed by atoms with Gasteiger partial charge in [0.25, 0.3) is 0 Å². The highest BCUT2D eigenvalue weighted by Crippen LogP contribution is 2.29. The van der Waals surface area contributed by atoms with Crippen LogP contribution in [-0.2, 0) is 16.6 Å². The first-order valence-electron chi connectivity index (χ1n) is 6.80. The van der Waals surface area contributed by atoms with Gasteiger partial charge in [-0.3, -0.25) is 0 Å². The Balaban J connectivity index is 2.20. The van der Waals surface area contributed by atoms with Crippen LogP contribution >= 0.6 is 0 Å². The zero-order chi connectivity index (χ0) is 18.6. The van der Waals surface area contributed by atoms with E-state index in [-0.39, 0.29) is 18.0 Å². The van der Waals surface area contributed by atoms with Gasteiger partial charge < -0.3 is 9.47 Å². The third kappa shape index (κ3) is 4.60. The van der Waals surface area contributed by atoms with E-state index in [1.807, 2.05) is 4.72 Å². The number of methoxy groups -OCH3 is 1. The van der Waals surface area contributed by atoms with Gasteiger partial charge in [-0.25, -0.2) is 21.9 Å². The van der Waals surface area contributed by atoms with Crippen LogP contribution in [0.1, 0.15) is 5.56 Å². The van der Waals surface area contributed by atoms with Gasteiger partial charge in [-0.15, -0.1) is 0 Å². The Morgan fingerprint density at radius 2 is 1.72 bits per heavy atom. The Morgan fingerprint density at radius 3 is 2.28 bits per heavy atom. The van der Waals surface area contributed by atoms with Gasteiger partial charge in [0.05, 0.1) is 7.11 Å². The van der Waals surface area contributed by atoms with Crippen molar-refractivity contribution in [2.75, 3.05) is 7.11 Å². The lowest BCUT2D eigenvalue weighted by Gasteiger charge is -2.12. The van der Waals surface area contributed by atoms with Crippen molar-refractivity contribution in [3.63, 3.8) is 0 Å². The van der Waals surface area contributed by atoms with Gasteiger partial charge in [0.2, 0.25) is 10.0 Å². The Hall–Kier alpha value is -2.33. The molecule has 0 fully saturated rings. The van der Waals surface area contributed by atoms with E-state index in [0.717, 1.165) is 24.3 Å². The van der Waals surface area contributed by atoms with Crippen molar-refractivity contribution in [1.82, 2.24) is 4.72 Å². The Morgan fingerprint density at radius 1 is 1.08 bits per heavy atom. The summed E-state index contributed by atoms with van der Waals surface area (Å²) >= 11 is 0. The molecule has 0 saturated heterocycles. The molecule has 0 radical (unpaired) electrons. The van der Waals surface area contributed by atoms with E-state index in [4.69, 9.17) is 4.74 Å². The van der Waals surface area contributed by atoms with Gasteiger partial charge in [-0.05, 0) is 29.8 Å². The maximum Gasteiger partial charge on any atom is 0.387 e. The summed E-state index contributed by atoms with van der Waals surface area (Å²) in [5.41, 5.74) is 0.304. The van der Waals surface area contributed by atoms with Crippen LogP contribution in [0.5, 0.6) is 11.5 Å². The molecular weight excluding hydrogens is 366 g/mol. The van der Waals surface area contributed by atoms with E-state index >= 15 is 0 Å². The summed E-state index contributed by atoms with van der Waals surface area (Å²) in [5.74, 6) is -2.74. The first-order chi connectivity index (χ1) is 11.7. The van der Waals surface area contributed by atoms with Crippen LogP contribution in [0.4, 0.5) is 17.6 Å². The Bertz CT molecular complexity index is 838. The largest absolute Gasteiger partial charge is 0.493 e. The average Bonchev–Trinajstić information content (AvgIpc) is 2.53. The second-order valence-corrected chi connectivity index (χ2v) is 6.44. The molecule has 0 aromatic heterocycles. The van der Waals surface area contributed by atoms with Gasteiger partial charge in [-0.1, -0.05) is 12.1 Å². The zero-order valence-corrected chi connectivity index (χ0v) is 13.6. The molecule has 0 unspecified atom stereocenters. The minimum absolute atomic E-state index is 0.0472. The smallest absolute Gasteiger partial charge is 0.387 e. The number of alkyl halides is 2.